The largest absolute Gasteiger partial charge is 0.453 e. The molecule has 41 heavy (non-hydrogen) atoms. The SMILES string of the molecule is CC(=O)N1CCC(c2nsc(Nc3ncc(Sc4ccnc5onc(C)c45)cc3Oc3ccc(F)cc3)n2)CC1.Cl. The molecule has 1 aromatic carbocycles. The number of ether oxygens (including phenoxy) is 1. The van der Waals surface area contributed by atoms with E-state index in [-0.39, 0.29) is 30.0 Å². The second kappa shape index (κ2) is 12.4. The number of aryl methyl sites for hydroxylation is 1. The number of amides is 1. The van der Waals surface area contributed by atoms with Crippen LogP contribution in [0.4, 0.5) is 15.3 Å². The summed E-state index contributed by atoms with van der Waals surface area (Å²) in [5, 5.41) is 8.69. The average molecular weight is 614 g/mol. The van der Waals surface area contributed by atoms with Crippen molar-refractivity contribution < 1.29 is 18.4 Å². The number of rotatable bonds is 7. The number of nitrogens with one attached hydrogen (secondary N) is 1. The lowest BCUT2D eigenvalue weighted by molar-refractivity contribution is -0.129. The minimum atomic E-state index is -0.352. The van der Waals surface area contributed by atoms with E-state index in [1.54, 1.807) is 31.5 Å². The van der Waals surface area contributed by atoms with Gasteiger partial charge in [-0.15, -0.1) is 12.4 Å². The first-order chi connectivity index (χ1) is 19.4. The molecule has 1 N–H and O–H groups in total. The lowest BCUT2D eigenvalue weighted by atomic mass is 9.96. The molecule has 0 saturated carbocycles. The molecule has 0 radical (unpaired) electrons. The van der Waals surface area contributed by atoms with E-state index in [0.717, 1.165) is 39.5 Å². The monoisotopic (exact) mass is 613 g/mol. The normalized spacial score (nSPS) is 13.7. The molecule has 5 heterocycles. The molecule has 1 fully saturated rings. The number of carbonyl (C=O) groups is 1. The first-order valence-electron chi connectivity index (χ1n) is 12.6. The summed E-state index contributed by atoms with van der Waals surface area (Å²) in [5.41, 5.74) is 1.22. The highest BCUT2D eigenvalue weighted by atomic mass is 35.5. The Bertz CT molecular complexity index is 1670. The van der Waals surface area contributed by atoms with Crippen molar-refractivity contribution in [3.8, 4) is 11.5 Å². The molecule has 0 spiro atoms. The third-order valence-electron chi connectivity index (χ3n) is 6.58. The Morgan fingerprint density at radius 1 is 1.20 bits per heavy atom. The Labute approximate surface area is 249 Å². The first-order valence-corrected chi connectivity index (χ1v) is 14.2. The third kappa shape index (κ3) is 6.42. The van der Waals surface area contributed by atoms with Crippen molar-refractivity contribution in [2.75, 3.05) is 18.4 Å². The molecule has 14 heteroatoms. The van der Waals surface area contributed by atoms with Crippen molar-refractivity contribution in [1.29, 1.82) is 0 Å². The van der Waals surface area contributed by atoms with Crippen molar-refractivity contribution in [1.82, 2.24) is 29.4 Å². The van der Waals surface area contributed by atoms with Gasteiger partial charge in [-0.2, -0.15) is 4.37 Å². The molecule has 1 amide bonds. The molecular weight excluding hydrogens is 589 g/mol. The Hall–Kier alpha value is -3.81. The number of likely N-dealkylation sites (tertiary alicyclic amines) is 1. The minimum absolute atomic E-state index is 0. The summed E-state index contributed by atoms with van der Waals surface area (Å²) < 4.78 is 29.5. The van der Waals surface area contributed by atoms with Crippen LogP contribution in [0.25, 0.3) is 11.1 Å². The first kappa shape index (κ1) is 28.7. The van der Waals surface area contributed by atoms with Gasteiger partial charge in [-0.05, 0) is 50.1 Å². The van der Waals surface area contributed by atoms with E-state index in [1.165, 1.54) is 35.4 Å². The molecule has 1 aliphatic heterocycles. The highest BCUT2D eigenvalue weighted by Crippen LogP contribution is 2.39. The summed E-state index contributed by atoms with van der Waals surface area (Å²) in [6, 6.07) is 9.55. The number of pyridine rings is 2. The Morgan fingerprint density at radius 3 is 2.73 bits per heavy atom. The van der Waals surface area contributed by atoms with Crippen LogP contribution in [0, 0.1) is 12.7 Å². The molecule has 0 aliphatic carbocycles. The standard InChI is InChI=1S/C27H24FN7O3S2.ClH/c1-15-23-22(7-10-29-26(23)38-33-15)39-20-13-21(37-19-5-3-18(28)4-6-19)25(30-14-20)32-27-31-24(34-40-27)17-8-11-35(12-9-17)16(2)36;/h3-7,10,13-14,17H,8-9,11-12H2,1-2H3,(H,30,31,32,34);1H. The quantitative estimate of drug-likeness (QED) is 0.211. The van der Waals surface area contributed by atoms with Crippen LogP contribution in [0.15, 0.2) is 63.1 Å². The molecule has 0 atom stereocenters. The van der Waals surface area contributed by atoms with Gasteiger partial charge >= 0.3 is 0 Å². The van der Waals surface area contributed by atoms with Crippen LogP contribution in [-0.2, 0) is 4.79 Å². The molecule has 1 aliphatic rings. The van der Waals surface area contributed by atoms with Gasteiger partial charge in [-0.3, -0.25) is 4.79 Å². The summed E-state index contributed by atoms with van der Waals surface area (Å²) in [6.45, 7) is 4.88. The van der Waals surface area contributed by atoms with E-state index >= 15 is 0 Å². The number of piperidine rings is 1. The van der Waals surface area contributed by atoms with Crippen LogP contribution in [0.5, 0.6) is 11.5 Å². The predicted octanol–water partition coefficient (Wildman–Crippen LogP) is 6.75. The number of anilines is 2. The van der Waals surface area contributed by atoms with Crippen molar-refractivity contribution in [2.24, 2.45) is 0 Å². The molecule has 1 saturated heterocycles. The van der Waals surface area contributed by atoms with Crippen LogP contribution in [0.2, 0.25) is 0 Å². The molecular formula is C27H25ClFN7O3S2. The maximum Gasteiger partial charge on any atom is 0.259 e. The maximum absolute atomic E-state index is 13.5. The van der Waals surface area contributed by atoms with E-state index < -0.39 is 0 Å². The smallest absolute Gasteiger partial charge is 0.259 e. The number of carbonyl (C=O) groups excluding carboxylic acids is 1. The topological polar surface area (TPSA) is 119 Å². The second-order valence-corrected chi connectivity index (χ2v) is 11.2. The number of benzene rings is 1. The summed E-state index contributed by atoms with van der Waals surface area (Å²) in [5.74, 6) is 2.05. The van der Waals surface area contributed by atoms with E-state index in [9.17, 15) is 9.18 Å². The highest BCUT2D eigenvalue weighted by molar-refractivity contribution is 7.99. The Balaban J connectivity index is 0.00000337. The Morgan fingerprint density at radius 2 is 1.98 bits per heavy atom. The molecule has 212 valence electrons. The van der Waals surface area contributed by atoms with Crippen LogP contribution in [0.3, 0.4) is 0 Å². The number of hydrogen-bond acceptors (Lipinski definition) is 11. The molecule has 6 rings (SSSR count). The van der Waals surface area contributed by atoms with Gasteiger partial charge in [0.15, 0.2) is 11.6 Å². The van der Waals surface area contributed by atoms with E-state index in [0.29, 0.717) is 41.3 Å². The minimum Gasteiger partial charge on any atom is -0.453 e. The molecule has 5 aromatic rings. The summed E-state index contributed by atoms with van der Waals surface area (Å²) in [7, 11) is 0. The van der Waals surface area contributed by atoms with Crippen LogP contribution in [-0.4, -0.2) is 48.4 Å². The van der Waals surface area contributed by atoms with Crippen molar-refractivity contribution in [2.45, 2.75) is 42.4 Å². The highest BCUT2D eigenvalue weighted by Gasteiger charge is 2.25. The fourth-order valence-electron chi connectivity index (χ4n) is 4.49. The molecule has 0 unspecified atom stereocenters. The van der Waals surface area contributed by atoms with Crippen LogP contribution >= 0.6 is 35.7 Å². The lowest BCUT2D eigenvalue weighted by Gasteiger charge is -2.29. The van der Waals surface area contributed by atoms with Crippen LogP contribution < -0.4 is 10.1 Å². The van der Waals surface area contributed by atoms with Crippen molar-refractivity contribution in [3.05, 3.63) is 66.1 Å². The van der Waals surface area contributed by atoms with E-state index in [4.69, 9.17) is 14.2 Å². The number of fused-ring (bicyclic) bond motifs is 1. The van der Waals surface area contributed by atoms with Gasteiger partial charge in [0.05, 0.1) is 11.1 Å². The lowest BCUT2D eigenvalue weighted by Crippen LogP contribution is -2.36. The fraction of sp³-hybridized carbons (Fsp3) is 0.259. The fourth-order valence-corrected chi connectivity index (χ4v) is 6.12. The van der Waals surface area contributed by atoms with Gasteiger partial charge in [0.25, 0.3) is 5.71 Å². The van der Waals surface area contributed by atoms with Gasteiger partial charge in [-0.25, -0.2) is 19.3 Å². The molecule has 4 aromatic heterocycles. The van der Waals surface area contributed by atoms with Gasteiger partial charge in [0.2, 0.25) is 11.0 Å². The van der Waals surface area contributed by atoms with E-state index in [2.05, 4.69) is 24.8 Å². The maximum atomic E-state index is 13.5. The molecule has 10 nitrogen and oxygen atoms in total. The van der Waals surface area contributed by atoms with Crippen molar-refractivity contribution in [3.63, 3.8) is 0 Å². The zero-order valence-electron chi connectivity index (χ0n) is 22.0. The third-order valence-corrected chi connectivity index (χ3v) is 8.24. The van der Waals surface area contributed by atoms with E-state index in [1.807, 2.05) is 24.0 Å². The van der Waals surface area contributed by atoms with Gasteiger partial charge in [0, 0.05) is 65.7 Å². The van der Waals surface area contributed by atoms with Gasteiger partial charge in [0.1, 0.15) is 17.4 Å². The summed E-state index contributed by atoms with van der Waals surface area (Å²) in [4.78, 5) is 28.8. The van der Waals surface area contributed by atoms with Crippen molar-refractivity contribution >= 4 is 63.7 Å². The zero-order valence-corrected chi connectivity index (χ0v) is 24.5. The second-order valence-electron chi connectivity index (χ2n) is 9.30. The van der Waals surface area contributed by atoms with Gasteiger partial charge in [-0.1, -0.05) is 16.9 Å². The van der Waals surface area contributed by atoms with Crippen LogP contribution in [0.1, 0.15) is 37.2 Å². The Kier molecular flexibility index (Phi) is 8.66. The van der Waals surface area contributed by atoms with Gasteiger partial charge < -0.3 is 19.5 Å². The number of nitrogens with zero attached hydrogens (tertiary/aromatic N) is 6. The average Bonchev–Trinajstić information content (AvgIpc) is 3.59. The summed E-state index contributed by atoms with van der Waals surface area (Å²) in [6.07, 6.45) is 5.06. The number of aromatic nitrogens is 5. The molecule has 0 bridgehead atoms. The number of halogens is 2. The summed E-state index contributed by atoms with van der Waals surface area (Å²) >= 11 is 2.72. The number of hydrogen-bond donors (Lipinski definition) is 1. The zero-order chi connectivity index (χ0) is 27.6. The predicted molar refractivity (Wildman–Crippen MR) is 156 cm³/mol.